The highest BCUT2D eigenvalue weighted by molar-refractivity contribution is 7.46. The van der Waals surface area contributed by atoms with Gasteiger partial charge in [-0.25, -0.2) is 4.57 Å². The van der Waals surface area contributed by atoms with Crippen LogP contribution in [0.2, 0.25) is 0 Å². The minimum Gasteiger partial charge on any atom is -0.462 e. The predicted molar refractivity (Wildman–Crippen MR) is 193 cm³/mol. The number of allylic oxidation sites excluding steroid dienone is 8. The van der Waals surface area contributed by atoms with Crippen molar-refractivity contribution in [1.29, 1.82) is 0 Å². The van der Waals surface area contributed by atoms with Gasteiger partial charge in [-0.15, -0.1) is 0 Å². The minimum atomic E-state index is -4.76. The number of esters is 2. The van der Waals surface area contributed by atoms with E-state index in [1.54, 1.807) is 0 Å². The van der Waals surface area contributed by atoms with Gasteiger partial charge in [0.15, 0.2) is 6.10 Å². The highest BCUT2D eigenvalue weighted by Crippen LogP contribution is 2.36. The maximum atomic E-state index is 12.3. The lowest BCUT2D eigenvalue weighted by molar-refractivity contribution is -0.161. The van der Waals surface area contributed by atoms with E-state index in [-0.39, 0.29) is 19.4 Å². The van der Waals surface area contributed by atoms with Gasteiger partial charge in [-0.05, 0) is 70.6 Å². The number of hydrogen-bond acceptors (Lipinski definition) is 6. The first-order chi connectivity index (χ1) is 22.8. The lowest BCUT2D eigenvalue weighted by Crippen LogP contribution is -2.29. The van der Waals surface area contributed by atoms with Crippen LogP contribution < -0.4 is 0 Å². The van der Waals surface area contributed by atoms with Crippen molar-refractivity contribution in [2.24, 2.45) is 0 Å². The SMILES string of the molecule is CCCC/C=C/C/C=C/CCCCCCCC(=O)O[C@H](COC(=O)CCCC/C=C/C/C=C/CCCCCCCC)COP(=O)(O)O. The molecule has 0 unspecified atom stereocenters. The molecule has 0 aromatic carbocycles. The number of unbranched alkanes of at least 4 members (excludes halogenated alkanes) is 15. The van der Waals surface area contributed by atoms with E-state index in [0.717, 1.165) is 70.6 Å². The zero-order valence-corrected chi connectivity index (χ0v) is 30.6. The number of carbonyl (C=O) groups is 2. The standard InChI is InChI=1S/C38H67O8P/c1-3-5-7-9-11-13-15-17-19-21-22-24-26-28-30-32-37(39)44-34-36(35-45-47(41,42)43)46-38(40)33-31-29-27-25-23-20-18-16-14-12-10-8-6-4-2/h10,12,16-19,22,24,36H,3-9,11,13-15,20-21,23,25-35H2,1-2H3,(H2,41,42,43)/b12-10+,18-16+,19-17+,24-22+/t36-/m1/s1. The molecule has 0 spiro atoms. The fourth-order valence-electron chi connectivity index (χ4n) is 4.77. The van der Waals surface area contributed by atoms with Crippen molar-refractivity contribution in [3.05, 3.63) is 48.6 Å². The molecule has 0 aliphatic rings. The fourth-order valence-corrected chi connectivity index (χ4v) is 5.13. The molecule has 0 rings (SSSR count). The summed E-state index contributed by atoms with van der Waals surface area (Å²) < 4.78 is 26.2. The molecule has 1 atom stereocenters. The summed E-state index contributed by atoms with van der Waals surface area (Å²) in [6, 6.07) is 0. The van der Waals surface area contributed by atoms with Gasteiger partial charge in [0.1, 0.15) is 6.61 Å². The van der Waals surface area contributed by atoms with Gasteiger partial charge in [-0.3, -0.25) is 14.1 Å². The Kier molecular flexibility index (Phi) is 32.5. The van der Waals surface area contributed by atoms with Crippen molar-refractivity contribution >= 4 is 19.8 Å². The molecular weight excluding hydrogens is 615 g/mol. The highest BCUT2D eigenvalue weighted by atomic mass is 31.2. The fraction of sp³-hybridized carbons (Fsp3) is 0.737. The van der Waals surface area contributed by atoms with Crippen LogP contribution in [0.3, 0.4) is 0 Å². The van der Waals surface area contributed by atoms with Crippen LogP contribution >= 0.6 is 7.82 Å². The lowest BCUT2D eigenvalue weighted by Gasteiger charge is -2.18. The molecule has 0 aromatic heterocycles. The Morgan fingerprint density at radius 2 is 0.979 bits per heavy atom. The molecule has 0 aliphatic carbocycles. The predicted octanol–water partition coefficient (Wildman–Crippen LogP) is 10.8. The first-order valence-electron chi connectivity index (χ1n) is 18.4. The average molecular weight is 683 g/mol. The molecule has 9 heteroatoms. The van der Waals surface area contributed by atoms with Crippen LogP contribution in [0.1, 0.15) is 162 Å². The zero-order chi connectivity index (χ0) is 34.7. The Morgan fingerprint density at radius 1 is 0.553 bits per heavy atom. The van der Waals surface area contributed by atoms with Crippen molar-refractivity contribution in [1.82, 2.24) is 0 Å². The minimum absolute atomic E-state index is 0.188. The molecule has 47 heavy (non-hydrogen) atoms. The van der Waals surface area contributed by atoms with Crippen molar-refractivity contribution in [3.63, 3.8) is 0 Å². The van der Waals surface area contributed by atoms with Crippen LogP contribution in [-0.4, -0.2) is 41.0 Å². The second-order valence-corrected chi connectivity index (χ2v) is 13.4. The van der Waals surface area contributed by atoms with Crippen LogP contribution in [0.5, 0.6) is 0 Å². The molecular formula is C38H67O8P. The van der Waals surface area contributed by atoms with E-state index in [4.69, 9.17) is 19.3 Å². The molecule has 2 N–H and O–H groups in total. The second-order valence-electron chi connectivity index (χ2n) is 12.2. The van der Waals surface area contributed by atoms with Crippen LogP contribution in [0.25, 0.3) is 0 Å². The van der Waals surface area contributed by atoms with Gasteiger partial charge in [0.25, 0.3) is 0 Å². The average Bonchev–Trinajstić information content (AvgIpc) is 3.03. The first-order valence-corrected chi connectivity index (χ1v) is 20.0. The van der Waals surface area contributed by atoms with Gasteiger partial charge in [-0.1, -0.05) is 127 Å². The summed E-state index contributed by atoms with van der Waals surface area (Å²) in [5, 5.41) is 0. The topological polar surface area (TPSA) is 119 Å². The quantitative estimate of drug-likeness (QED) is 0.0304. The number of rotatable bonds is 33. The molecule has 0 fully saturated rings. The van der Waals surface area contributed by atoms with Gasteiger partial charge in [0.05, 0.1) is 6.61 Å². The van der Waals surface area contributed by atoms with Gasteiger partial charge < -0.3 is 19.3 Å². The largest absolute Gasteiger partial charge is 0.469 e. The van der Waals surface area contributed by atoms with Crippen LogP contribution in [0.15, 0.2) is 48.6 Å². The monoisotopic (exact) mass is 682 g/mol. The summed E-state index contributed by atoms with van der Waals surface area (Å²) in [5.74, 6) is -0.943. The normalized spacial score (nSPS) is 13.0. The Hall–Kier alpha value is -1.99. The number of hydrogen-bond donors (Lipinski definition) is 2. The molecule has 0 saturated carbocycles. The second kappa shape index (κ2) is 33.9. The van der Waals surface area contributed by atoms with Crippen LogP contribution in [0, 0.1) is 0 Å². The van der Waals surface area contributed by atoms with Gasteiger partial charge in [0, 0.05) is 12.8 Å². The molecule has 0 bridgehead atoms. The molecule has 0 aromatic rings. The van der Waals surface area contributed by atoms with Crippen LogP contribution in [0.4, 0.5) is 0 Å². The summed E-state index contributed by atoms with van der Waals surface area (Å²) in [6.07, 6.45) is 39.7. The number of phosphoric ester groups is 1. The maximum Gasteiger partial charge on any atom is 0.469 e. The maximum absolute atomic E-state index is 12.3. The number of carbonyl (C=O) groups excluding carboxylic acids is 2. The summed E-state index contributed by atoms with van der Waals surface area (Å²) in [6.45, 7) is 3.58. The van der Waals surface area contributed by atoms with Gasteiger partial charge >= 0.3 is 19.8 Å². The van der Waals surface area contributed by atoms with Crippen molar-refractivity contribution in [2.45, 2.75) is 168 Å². The van der Waals surface area contributed by atoms with Gasteiger partial charge in [0.2, 0.25) is 0 Å². The van der Waals surface area contributed by atoms with E-state index in [2.05, 4.69) is 67.0 Å². The van der Waals surface area contributed by atoms with Crippen LogP contribution in [-0.2, 0) is 28.2 Å². The number of ether oxygens (including phenoxy) is 2. The first kappa shape index (κ1) is 45.0. The number of phosphoric acid groups is 1. The molecule has 0 radical (unpaired) electrons. The van der Waals surface area contributed by atoms with Crippen molar-refractivity contribution in [3.8, 4) is 0 Å². The third kappa shape index (κ3) is 36.7. The smallest absolute Gasteiger partial charge is 0.462 e. The van der Waals surface area contributed by atoms with E-state index < -0.39 is 32.5 Å². The summed E-state index contributed by atoms with van der Waals surface area (Å²) in [7, 11) is -4.76. The summed E-state index contributed by atoms with van der Waals surface area (Å²) in [4.78, 5) is 42.6. The van der Waals surface area contributed by atoms with Gasteiger partial charge in [-0.2, -0.15) is 0 Å². The third-order valence-corrected chi connectivity index (χ3v) is 8.06. The van der Waals surface area contributed by atoms with E-state index >= 15 is 0 Å². The van der Waals surface area contributed by atoms with Crippen molar-refractivity contribution in [2.75, 3.05) is 13.2 Å². The molecule has 0 saturated heterocycles. The van der Waals surface area contributed by atoms with E-state index in [0.29, 0.717) is 12.8 Å². The molecule has 272 valence electrons. The Bertz CT molecular complexity index is 905. The molecule has 8 nitrogen and oxygen atoms in total. The summed E-state index contributed by atoms with van der Waals surface area (Å²) >= 11 is 0. The van der Waals surface area contributed by atoms with E-state index in [1.807, 2.05) is 0 Å². The zero-order valence-electron chi connectivity index (χ0n) is 29.7. The van der Waals surface area contributed by atoms with E-state index in [1.165, 1.54) is 51.4 Å². The molecule has 0 aliphatic heterocycles. The van der Waals surface area contributed by atoms with E-state index in [9.17, 15) is 14.2 Å². The lowest BCUT2D eigenvalue weighted by atomic mass is 10.1. The Morgan fingerprint density at radius 3 is 1.51 bits per heavy atom. The van der Waals surface area contributed by atoms with Crippen molar-refractivity contribution < 1.29 is 37.9 Å². The Balaban J connectivity index is 4.07. The third-order valence-electron chi connectivity index (χ3n) is 7.57. The Labute approximate surface area is 286 Å². The highest BCUT2D eigenvalue weighted by Gasteiger charge is 2.22. The molecule has 0 heterocycles. The molecule has 0 amide bonds. The summed E-state index contributed by atoms with van der Waals surface area (Å²) in [5.41, 5.74) is 0.